The van der Waals surface area contributed by atoms with E-state index in [0.29, 0.717) is 16.2 Å². The Hall–Kier alpha value is -3.43. The minimum absolute atomic E-state index is 0.234. The van der Waals surface area contributed by atoms with Gasteiger partial charge in [0.25, 0.3) is 5.91 Å². The highest BCUT2D eigenvalue weighted by Gasteiger charge is 2.13. The first kappa shape index (κ1) is 19.3. The number of pyridine rings is 1. The number of amides is 1. The highest BCUT2D eigenvalue weighted by atomic mass is 32.2. The average Bonchev–Trinajstić information content (AvgIpc) is 2.73. The molecule has 1 aromatic heterocycles. The highest BCUT2D eigenvalue weighted by Crippen LogP contribution is 2.19. The first-order chi connectivity index (χ1) is 13.5. The maximum atomic E-state index is 12.9. The molecule has 0 saturated carbocycles. The molecule has 0 saturated heterocycles. The Bertz CT molecular complexity index is 1180. The third-order valence-electron chi connectivity index (χ3n) is 3.85. The Morgan fingerprint density at radius 1 is 1.00 bits per heavy atom. The first-order valence-electron chi connectivity index (χ1n) is 8.40. The molecule has 0 aliphatic rings. The minimum atomic E-state index is -2.93. The maximum Gasteiger partial charge on any atom is 0.286 e. The molecule has 0 fully saturated rings. The quantitative estimate of drug-likeness (QED) is 0.638. The molecule has 3 rings (SSSR count). The molecule has 1 unspecified atom stereocenters. The van der Waals surface area contributed by atoms with Crippen molar-refractivity contribution in [3.63, 3.8) is 0 Å². The van der Waals surface area contributed by atoms with Crippen LogP contribution >= 0.6 is 0 Å². The molecular formula is C22H18N2O3S. The van der Waals surface area contributed by atoms with Crippen molar-refractivity contribution in [2.24, 2.45) is 4.36 Å². The number of benzene rings is 2. The second-order valence-corrected chi connectivity index (χ2v) is 8.22. The van der Waals surface area contributed by atoms with Crippen LogP contribution in [0.3, 0.4) is 0 Å². The fourth-order valence-corrected chi connectivity index (χ4v) is 3.58. The van der Waals surface area contributed by atoms with Gasteiger partial charge in [0.1, 0.15) is 5.75 Å². The predicted molar refractivity (Wildman–Crippen MR) is 109 cm³/mol. The fraction of sp³-hybridized carbons (Fsp3) is 0.0909. The molecule has 0 bridgehead atoms. The largest absolute Gasteiger partial charge is 0.497 e. The normalized spacial score (nSPS) is 12.2. The van der Waals surface area contributed by atoms with E-state index in [1.807, 2.05) is 30.3 Å². The summed E-state index contributed by atoms with van der Waals surface area (Å²) in [6, 6.07) is 17.8. The van der Waals surface area contributed by atoms with Crippen LogP contribution in [0.1, 0.15) is 21.5 Å². The van der Waals surface area contributed by atoms with E-state index in [-0.39, 0.29) is 5.56 Å². The Labute approximate surface area is 164 Å². The number of methoxy groups -OCH3 is 1. The zero-order valence-corrected chi connectivity index (χ0v) is 16.3. The summed E-state index contributed by atoms with van der Waals surface area (Å²) in [7, 11) is -1.41. The first-order valence-corrected chi connectivity index (χ1v) is 10.3. The molecule has 0 aliphatic heterocycles. The van der Waals surface area contributed by atoms with Crippen molar-refractivity contribution in [2.45, 2.75) is 4.90 Å². The molecule has 3 aromatic rings. The fourth-order valence-electron chi connectivity index (χ4n) is 2.39. The van der Waals surface area contributed by atoms with Gasteiger partial charge < -0.3 is 4.74 Å². The van der Waals surface area contributed by atoms with E-state index in [2.05, 4.69) is 21.2 Å². The molecule has 5 nitrogen and oxygen atoms in total. The molecule has 0 N–H and O–H groups in total. The Morgan fingerprint density at radius 3 is 2.50 bits per heavy atom. The van der Waals surface area contributed by atoms with Crippen LogP contribution in [0.15, 0.2) is 82.3 Å². The number of nitrogens with zero attached hydrogens (tertiary/aromatic N) is 2. The van der Waals surface area contributed by atoms with E-state index in [1.165, 1.54) is 19.6 Å². The van der Waals surface area contributed by atoms with Gasteiger partial charge in [-0.3, -0.25) is 9.78 Å². The minimum Gasteiger partial charge on any atom is -0.497 e. The zero-order chi connectivity index (χ0) is 20.0. The number of carbonyl (C=O) groups is 1. The van der Waals surface area contributed by atoms with Crippen LogP contribution in [0.2, 0.25) is 0 Å². The number of rotatable bonds is 3. The van der Waals surface area contributed by atoms with E-state index < -0.39 is 15.6 Å². The van der Waals surface area contributed by atoms with E-state index >= 15 is 0 Å². The van der Waals surface area contributed by atoms with Crippen LogP contribution in [0, 0.1) is 11.8 Å². The summed E-state index contributed by atoms with van der Waals surface area (Å²) in [5.74, 6) is 5.93. The van der Waals surface area contributed by atoms with Crippen LogP contribution in [-0.4, -0.2) is 28.5 Å². The Morgan fingerprint density at radius 2 is 1.75 bits per heavy atom. The van der Waals surface area contributed by atoms with E-state index in [9.17, 15) is 9.00 Å². The van der Waals surface area contributed by atoms with Crippen LogP contribution in [0.25, 0.3) is 0 Å². The predicted octanol–water partition coefficient (Wildman–Crippen LogP) is 3.79. The van der Waals surface area contributed by atoms with Crippen molar-refractivity contribution in [1.29, 1.82) is 0 Å². The molecule has 1 amide bonds. The molecule has 140 valence electrons. The molecule has 0 radical (unpaired) electrons. The number of hydrogen-bond acceptors (Lipinski definition) is 4. The van der Waals surface area contributed by atoms with E-state index in [4.69, 9.17) is 4.74 Å². The zero-order valence-electron chi connectivity index (χ0n) is 15.5. The average molecular weight is 390 g/mol. The van der Waals surface area contributed by atoms with E-state index in [0.717, 1.165) is 5.56 Å². The van der Waals surface area contributed by atoms with E-state index in [1.54, 1.807) is 36.5 Å². The topological polar surface area (TPSA) is 68.6 Å². The standard InChI is InChI=1S/C22H18N2O3S/c1-27-20-9-6-10-21(14-20)28(2,26)24-22(25)19-13-18(15-23-16-19)12-11-17-7-4-3-5-8-17/h3-10,13-16H,1-2H3. The van der Waals surface area contributed by atoms with Crippen molar-refractivity contribution < 1.29 is 13.7 Å². The summed E-state index contributed by atoms with van der Waals surface area (Å²) in [5, 5.41) is 0. The van der Waals surface area contributed by atoms with Crippen LogP contribution in [0.5, 0.6) is 5.75 Å². The van der Waals surface area contributed by atoms with Crippen molar-refractivity contribution in [1.82, 2.24) is 4.98 Å². The summed E-state index contributed by atoms with van der Waals surface area (Å²) in [6.07, 6.45) is 4.38. The second-order valence-electron chi connectivity index (χ2n) is 5.96. The molecule has 0 spiro atoms. The summed E-state index contributed by atoms with van der Waals surface area (Å²) in [6.45, 7) is 0. The number of ether oxygens (including phenoxy) is 1. The molecular weight excluding hydrogens is 372 g/mol. The van der Waals surface area contributed by atoms with Crippen molar-refractivity contribution >= 4 is 15.6 Å². The van der Waals surface area contributed by atoms with Gasteiger partial charge in [0.2, 0.25) is 0 Å². The lowest BCUT2D eigenvalue weighted by Gasteiger charge is -2.06. The lowest BCUT2D eigenvalue weighted by molar-refractivity contribution is 0.100. The summed E-state index contributed by atoms with van der Waals surface area (Å²) in [5.41, 5.74) is 1.67. The van der Waals surface area contributed by atoms with Gasteiger partial charge in [-0.15, -0.1) is 0 Å². The monoisotopic (exact) mass is 390 g/mol. The smallest absolute Gasteiger partial charge is 0.286 e. The van der Waals surface area contributed by atoms with Gasteiger partial charge >= 0.3 is 0 Å². The summed E-state index contributed by atoms with van der Waals surface area (Å²) < 4.78 is 22.0. The SMILES string of the molecule is COc1cccc(S(C)(=O)=NC(=O)c2cncc(C#Cc3ccccc3)c2)c1. The van der Waals surface area contributed by atoms with Gasteiger partial charge in [-0.25, -0.2) is 4.21 Å². The van der Waals surface area contributed by atoms with Gasteiger partial charge in [0, 0.05) is 29.8 Å². The number of carbonyl (C=O) groups excluding carboxylic acids is 1. The molecule has 1 atom stereocenters. The highest BCUT2D eigenvalue weighted by molar-refractivity contribution is 7.93. The third kappa shape index (κ3) is 4.84. The summed E-state index contributed by atoms with van der Waals surface area (Å²) in [4.78, 5) is 17.0. The lowest BCUT2D eigenvalue weighted by atomic mass is 10.2. The summed E-state index contributed by atoms with van der Waals surface area (Å²) >= 11 is 0. The van der Waals surface area contributed by atoms with Gasteiger partial charge in [-0.05, 0) is 36.4 Å². The number of hydrogen-bond donors (Lipinski definition) is 0. The molecule has 6 heteroatoms. The van der Waals surface area contributed by atoms with Crippen LogP contribution < -0.4 is 4.74 Å². The molecule has 2 aromatic carbocycles. The Balaban J connectivity index is 1.89. The van der Waals surface area contributed by atoms with Gasteiger partial charge in [0.05, 0.1) is 27.3 Å². The molecule has 28 heavy (non-hydrogen) atoms. The molecule has 1 heterocycles. The van der Waals surface area contributed by atoms with Crippen LogP contribution in [-0.2, 0) is 9.73 Å². The maximum absolute atomic E-state index is 12.9. The van der Waals surface area contributed by atoms with Gasteiger partial charge in [-0.1, -0.05) is 36.1 Å². The van der Waals surface area contributed by atoms with Crippen molar-refractivity contribution in [2.75, 3.05) is 13.4 Å². The Kier molecular flexibility index (Phi) is 5.87. The van der Waals surface area contributed by atoms with Gasteiger partial charge in [-0.2, -0.15) is 4.36 Å². The van der Waals surface area contributed by atoms with Crippen LogP contribution in [0.4, 0.5) is 0 Å². The number of aromatic nitrogens is 1. The third-order valence-corrected chi connectivity index (χ3v) is 5.49. The second kappa shape index (κ2) is 8.51. The van der Waals surface area contributed by atoms with Crippen molar-refractivity contribution in [3.8, 4) is 17.6 Å². The molecule has 0 aliphatic carbocycles. The van der Waals surface area contributed by atoms with Gasteiger partial charge in [0.15, 0.2) is 0 Å². The lowest BCUT2D eigenvalue weighted by Crippen LogP contribution is -2.05. The van der Waals surface area contributed by atoms with Crippen molar-refractivity contribution in [3.05, 3.63) is 89.7 Å².